The van der Waals surface area contributed by atoms with Gasteiger partial charge in [0.15, 0.2) is 23.3 Å². The average molecular weight is 461 g/mol. The summed E-state index contributed by atoms with van der Waals surface area (Å²) >= 11 is 0. The molecule has 2 rings (SSSR count). The molecule has 0 saturated heterocycles. The number of rotatable bonds is 8. The molecule has 4 nitrogen and oxygen atoms in total. The summed E-state index contributed by atoms with van der Waals surface area (Å²) in [6, 6.07) is 2.82. The standard InChI is InChI=1S/C24H20F5N3O/c1-2-32(11-12-33)17-9-7-15(8-10-17)5-3-4-6-18(16(13-30)14-31)19-20(25)22(27)24(29)23(28)21(19)26/h3-7,9-10,15,33H,2,8,11-12H2,1H3/b5-3+,6-4+. The van der Waals surface area contributed by atoms with E-state index in [-0.39, 0.29) is 12.5 Å². The second-order valence-electron chi connectivity index (χ2n) is 6.89. The number of hydrogen-bond donors (Lipinski definition) is 1. The normalized spacial score (nSPS) is 15.4. The van der Waals surface area contributed by atoms with Crippen LogP contribution in [0.3, 0.4) is 0 Å². The van der Waals surface area contributed by atoms with Gasteiger partial charge in [-0.05, 0) is 25.3 Å². The number of aliphatic hydroxyl groups excluding tert-OH is 1. The Hall–Kier alpha value is -3.69. The summed E-state index contributed by atoms with van der Waals surface area (Å²) in [4.78, 5) is 2.00. The molecule has 1 aliphatic carbocycles. The number of allylic oxidation sites excluding steroid dienone is 9. The molecule has 33 heavy (non-hydrogen) atoms. The van der Waals surface area contributed by atoms with E-state index in [1.54, 1.807) is 6.08 Å². The Kier molecular flexibility index (Phi) is 9.14. The van der Waals surface area contributed by atoms with Crippen molar-refractivity contribution in [2.24, 2.45) is 5.92 Å². The first-order valence-corrected chi connectivity index (χ1v) is 9.95. The fourth-order valence-corrected chi connectivity index (χ4v) is 3.23. The number of benzene rings is 1. The molecule has 0 radical (unpaired) electrons. The molecule has 0 fully saturated rings. The third-order valence-corrected chi connectivity index (χ3v) is 4.93. The van der Waals surface area contributed by atoms with Crippen LogP contribution in [-0.2, 0) is 0 Å². The highest BCUT2D eigenvalue weighted by molar-refractivity contribution is 5.82. The predicted molar refractivity (Wildman–Crippen MR) is 112 cm³/mol. The lowest BCUT2D eigenvalue weighted by Crippen LogP contribution is -2.26. The van der Waals surface area contributed by atoms with Gasteiger partial charge in [-0.25, -0.2) is 22.0 Å². The highest BCUT2D eigenvalue weighted by atomic mass is 19.2. The van der Waals surface area contributed by atoms with E-state index in [2.05, 4.69) is 0 Å². The molecule has 0 saturated carbocycles. The average Bonchev–Trinajstić information content (AvgIpc) is 2.83. The minimum atomic E-state index is -2.33. The van der Waals surface area contributed by atoms with Gasteiger partial charge in [-0.2, -0.15) is 10.5 Å². The van der Waals surface area contributed by atoms with Crippen LogP contribution in [0.1, 0.15) is 18.9 Å². The van der Waals surface area contributed by atoms with Crippen molar-refractivity contribution in [3.8, 4) is 12.1 Å². The first-order valence-electron chi connectivity index (χ1n) is 9.95. The van der Waals surface area contributed by atoms with Crippen LogP contribution in [0, 0.1) is 57.7 Å². The van der Waals surface area contributed by atoms with Crippen molar-refractivity contribution in [2.45, 2.75) is 13.3 Å². The molecule has 1 atom stereocenters. The van der Waals surface area contributed by atoms with E-state index >= 15 is 0 Å². The molecule has 0 spiro atoms. The van der Waals surface area contributed by atoms with E-state index in [9.17, 15) is 22.0 Å². The zero-order valence-corrected chi connectivity index (χ0v) is 17.6. The fourth-order valence-electron chi connectivity index (χ4n) is 3.23. The van der Waals surface area contributed by atoms with Gasteiger partial charge < -0.3 is 10.0 Å². The maximum Gasteiger partial charge on any atom is 0.200 e. The van der Waals surface area contributed by atoms with Gasteiger partial charge in [0.05, 0.1) is 12.2 Å². The number of aliphatic hydroxyl groups is 1. The van der Waals surface area contributed by atoms with Crippen molar-refractivity contribution < 1.29 is 27.1 Å². The molecular formula is C24H20F5N3O. The molecule has 1 aliphatic rings. The van der Waals surface area contributed by atoms with Crippen LogP contribution in [0.4, 0.5) is 22.0 Å². The lowest BCUT2D eigenvalue weighted by Gasteiger charge is -2.25. The van der Waals surface area contributed by atoms with Crippen LogP contribution in [0.5, 0.6) is 0 Å². The maximum atomic E-state index is 14.2. The van der Waals surface area contributed by atoms with Gasteiger partial charge in [-0.3, -0.25) is 0 Å². The summed E-state index contributed by atoms with van der Waals surface area (Å²) in [6.45, 7) is 3.22. The van der Waals surface area contributed by atoms with Crippen LogP contribution in [-0.4, -0.2) is 29.7 Å². The summed E-state index contributed by atoms with van der Waals surface area (Å²) < 4.78 is 69.0. The smallest absolute Gasteiger partial charge is 0.200 e. The number of nitrogens with zero attached hydrogens (tertiary/aromatic N) is 3. The highest BCUT2D eigenvalue weighted by Crippen LogP contribution is 2.31. The molecule has 0 aliphatic heterocycles. The molecule has 0 aromatic heterocycles. The molecule has 172 valence electrons. The largest absolute Gasteiger partial charge is 0.395 e. The molecule has 1 aromatic rings. The van der Waals surface area contributed by atoms with Gasteiger partial charge in [-0.15, -0.1) is 0 Å². The summed E-state index contributed by atoms with van der Waals surface area (Å²) in [7, 11) is 0. The maximum absolute atomic E-state index is 14.2. The Morgan fingerprint density at radius 2 is 1.67 bits per heavy atom. The topological polar surface area (TPSA) is 71.0 Å². The van der Waals surface area contributed by atoms with E-state index in [1.807, 2.05) is 30.1 Å². The van der Waals surface area contributed by atoms with Crippen molar-refractivity contribution in [3.63, 3.8) is 0 Å². The Labute approximate surface area is 188 Å². The molecule has 0 amide bonds. The van der Waals surface area contributed by atoms with Crippen molar-refractivity contribution in [2.75, 3.05) is 19.7 Å². The summed E-state index contributed by atoms with van der Waals surface area (Å²) in [6.07, 6.45) is 11.8. The van der Waals surface area contributed by atoms with E-state index in [4.69, 9.17) is 15.6 Å². The summed E-state index contributed by atoms with van der Waals surface area (Å²) in [5.41, 5.74) is -1.91. The fraction of sp³-hybridized carbons (Fsp3) is 0.250. The van der Waals surface area contributed by atoms with Crippen molar-refractivity contribution in [1.29, 1.82) is 10.5 Å². The predicted octanol–water partition coefficient (Wildman–Crippen LogP) is 5.07. The molecule has 1 aromatic carbocycles. The second-order valence-corrected chi connectivity index (χ2v) is 6.89. The minimum Gasteiger partial charge on any atom is -0.395 e. The summed E-state index contributed by atoms with van der Waals surface area (Å²) in [5, 5.41) is 27.3. The zero-order valence-electron chi connectivity index (χ0n) is 17.6. The van der Waals surface area contributed by atoms with E-state index in [0.717, 1.165) is 18.3 Å². The van der Waals surface area contributed by atoms with Gasteiger partial charge in [0.1, 0.15) is 17.7 Å². The van der Waals surface area contributed by atoms with Gasteiger partial charge in [0.25, 0.3) is 0 Å². The van der Waals surface area contributed by atoms with Crippen LogP contribution in [0.15, 0.2) is 53.8 Å². The van der Waals surface area contributed by atoms with Crippen LogP contribution in [0.2, 0.25) is 0 Å². The van der Waals surface area contributed by atoms with Gasteiger partial charge in [0, 0.05) is 24.4 Å². The van der Waals surface area contributed by atoms with Gasteiger partial charge in [-0.1, -0.05) is 36.5 Å². The third kappa shape index (κ3) is 5.76. The van der Waals surface area contributed by atoms with Crippen molar-refractivity contribution in [3.05, 3.63) is 88.5 Å². The Bertz CT molecular complexity index is 1090. The van der Waals surface area contributed by atoms with Crippen LogP contribution in [0.25, 0.3) is 5.57 Å². The Morgan fingerprint density at radius 1 is 1.06 bits per heavy atom. The van der Waals surface area contributed by atoms with Crippen molar-refractivity contribution in [1.82, 2.24) is 4.90 Å². The third-order valence-electron chi connectivity index (χ3n) is 4.93. The lowest BCUT2D eigenvalue weighted by molar-refractivity contribution is 0.234. The monoisotopic (exact) mass is 461 g/mol. The number of likely N-dealkylation sites (N-methyl/N-ethyl adjacent to an activating group) is 1. The van der Waals surface area contributed by atoms with Crippen molar-refractivity contribution >= 4 is 5.57 Å². The summed E-state index contributed by atoms with van der Waals surface area (Å²) in [5.74, 6) is -11.0. The SMILES string of the molecule is CCN(CCO)C1=CCC(/C=C/C=C/C(=C(C#N)C#N)c2c(F)c(F)c(F)c(F)c2F)C=C1. The molecule has 9 heteroatoms. The Balaban J connectivity index is 2.30. The van der Waals surface area contributed by atoms with E-state index < -0.39 is 45.8 Å². The van der Waals surface area contributed by atoms with Gasteiger partial charge >= 0.3 is 0 Å². The van der Waals surface area contributed by atoms with Crippen LogP contribution < -0.4 is 0 Å². The molecule has 0 heterocycles. The van der Waals surface area contributed by atoms with Gasteiger partial charge in [0.2, 0.25) is 5.82 Å². The lowest BCUT2D eigenvalue weighted by atomic mass is 9.97. The zero-order chi connectivity index (χ0) is 24.5. The minimum absolute atomic E-state index is 0.0272. The Morgan fingerprint density at radius 3 is 2.15 bits per heavy atom. The highest BCUT2D eigenvalue weighted by Gasteiger charge is 2.28. The van der Waals surface area contributed by atoms with Crippen LogP contribution >= 0.6 is 0 Å². The number of hydrogen-bond acceptors (Lipinski definition) is 4. The molecular weight excluding hydrogens is 441 g/mol. The second kappa shape index (κ2) is 11.8. The first kappa shape index (κ1) is 25.6. The molecule has 1 N–H and O–H groups in total. The quantitative estimate of drug-likeness (QED) is 0.193. The molecule has 0 bridgehead atoms. The van der Waals surface area contributed by atoms with E-state index in [1.165, 1.54) is 24.3 Å². The first-order chi connectivity index (χ1) is 15.8. The number of nitriles is 2. The number of halogens is 5. The van der Waals surface area contributed by atoms with E-state index in [0.29, 0.717) is 13.0 Å². The molecule has 1 unspecified atom stereocenters.